The fraction of sp³-hybridized carbons (Fsp3) is 0.385. The molecule has 0 aliphatic carbocycles. The molecule has 0 aromatic carbocycles. The number of hydrogen-bond acceptors (Lipinski definition) is 4. The van der Waals surface area contributed by atoms with Gasteiger partial charge < -0.3 is 20.4 Å². The van der Waals surface area contributed by atoms with Crippen molar-refractivity contribution in [3.8, 4) is 0 Å². The third-order valence-electron chi connectivity index (χ3n) is 2.81. The second kappa shape index (κ2) is 7.83. The number of carbonyl (C=O) groups excluding carboxylic acids is 1. The van der Waals surface area contributed by atoms with Gasteiger partial charge in [-0.3, -0.25) is 9.78 Å². The van der Waals surface area contributed by atoms with Crippen LogP contribution in [-0.4, -0.2) is 57.7 Å². The molecule has 0 saturated heterocycles. The molecule has 2 amide bonds. The molecule has 1 heterocycles. The Balaban J connectivity index is 2.49. The van der Waals surface area contributed by atoms with Crippen LogP contribution in [0.4, 0.5) is 4.79 Å². The molecule has 0 unspecified atom stereocenters. The molecule has 1 aromatic rings. The van der Waals surface area contributed by atoms with E-state index in [0.29, 0.717) is 13.0 Å². The maximum absolute atomic E-state index is 11.8. The summed E-state index contributed by atoms with van der Waals surface area (Å²) < 4.78 is 0. The Morgan fingerprint density at radius 2 is 1.90 bits per heavy atom. The number of carbonyl (C=O) groups is 3. The van der Waals surface area contributed by atoms with E-state index in [1.165, 1.54) is 11.9 Å². The van der Waals surface area contributed by atoms with Crippen molar-refractivity contribution in [2.75, 3.05) is 13.6 Å². The molecule has 0 bridgehead atoms. The van der Waals surface area contributed by atoms with E-state index in [1.807, 2.05) is 12.1 Å². The molecule has 1 atom stereocenters. The van der Waals surface area contributed by atoms with Crippen LogP contribution in [0.5, 0.6) is 0 Å². The third kappa shape index (κ3) is 5.89. The highest BCUT2D eigenvalue weighted by molar-refractivity contribution is 5.86. The molecule has 0 aliphatic heterocycles. The van der Waals surface area contributed by atoms with Crippen molar-refractivity contribution in [1.82, 2.24) is 15.2 Å². The van der Waals surface area contributed by atoms with Crippen LogP contribution >= 0.6 is 0 Å². The van der Waals surface area contributed by atoms with E-state index >= 15 is 0 Å². The van der Waals surface area contributed by atoms with E-state index in [9.17, 15) is 14.4 Å². The van der Waals surface area contributed by atoms with Crippen LogP contribution in [0.3, 0.4) is 0 Å². The van der Waals surface area contributed by atoms with Gasteiger partial charge in [-0.05, 0) is 24.1 Å². The molecule has 8 nitrogen and oxygen atoms in total. The fourth-order valence-corrected chi connectivity index (χ4v) is 1.58. The number of aliphatic carboxylic acids is 2. The first kappa shape index (κ1) is 16.4. The highest BCUT2D eigenvalue weighted by atomic mass is 16.4. The summed E-state index contributed by atoms with van der Waals surface area (Å²) in [6, 6.07) is 1.56. The topological polar surface area (TPSA) is 120 Å². The van der Waals surface area contributed by atoms with Crippen LogP contribution in [0.15, 0.2) is 24.5 Å². The lowest BCUT2D eigenvalue weighted by atomic mass is 10.2. The maximum atomic E-state index is 11.8. The van der Waals surface area contributed by atoms with Crippen molar-refractivity contribution in [1.29, 1.82) is 0 Å². The number of carboxylic acids is 2. The number of hydrogen-bond donors (Lipinski definition) is 3. The predicted octanol–water partition coefficient (Wildman–Crippen LogP) is 0.193. The summed E-state index contributed by atoms with van der Waals surface area (Å²) in [5.74, 6) is -2.67. The van der Waals surface area contributed by atoms with Crippen molar-refractivity contribution in [2.24, 2.45) is 0 Å². The number of amides is 2. The summed E-state index contributed by atoms with van der Waals surface area (Å²) in [5.41, 5.74) is 0.991. The number of carboxylic acid groups (broad SMARTS) is 2. The molecule has 1 rings (SSSR count). The SMILES string of the molecule is CN(CCc1ccncc1)C(=O)N[C@@H](CC(=O)O)C(=O)O. The number of likely N-dealkylation sites (N-methyl/N-ethyl adjacent to an activating group) is 1. The molecular weight excluding hydrogens is 278 g/mol. The first-order chi connectivity index (χ1) is 9.90. The Hall–Kier alpha value is -2.64. The van der Waals surface area contributed by atoms with Gasteiger partial charge in [0.1, 0.15) is 6.04 Å². The number of pyridine rings is 1. The second-order valence-electron chi connectivity index (χ2n) is 4.47. The first-order valence-electron chi connectivity index (χ1n) is 6.25. The maximum Gasteiger partial charge on any atom is 0.326 e. The Kier molecular flexibility index (Phi) is 6.12. The highest BCUT2D eigenvalue weighted by Gasteiger charge is 2.24. The van der Waals surface area contributed by atoms with E-state index in [1.54, 1.807) is 12.4 Å². The minimum absolute atomic E-state index is 0.370. The van der Waals surface area contributed by atoms with Crippen molar-refractivity contribution in [3.63, 3.8) is 0 Å². The van der Waals surface area contributed by atoms with Crippen molar-refractivity contribution < 1.29 is 24.6 Å². The minimum atomic E-state index is -1.45. The quantitative estimate of drug-likeness (QED) is 0.660. The Morgan fingerprint density at radius 3 is 2.43 bits per heavy atom. The lowest BCUT2D eigenvalue weighted by Gasteiger charge is -2.20. The Labute approximate surface area is 121 Å². The van der Waals surface area contributed by atoms with Gasteiger partial charge >= 0.3 is 18.0 Å². The molecule has 3 N–H and O–H groups in total. The largest absolute Gasteiger partial charge is 0.481 e. The Morgan fingerprint density at radius 1 is 1.29 bits per heavy atom. The summed E-state index contributed by atoms with van der Waals surface area (Å²) in [6.07, 6.45) is 3.20. The van der Waals surface area contributed by atoms with Gasteiger partial charge in [0, 0.05) is 26.0 Å². The van der Waals surface area contributed by atoms with Gasteiger partial charge in [-0.25, -0.2) is 9.59 Å². The van der Waals surface area contributed by atoms with E-state index < -0.39 is 30.4 Å². The number of rotatable bonds is 7. The molecule has 0 spiro atoms. The second-order valence-corrected chi connectivity index (χ2v) is 4.47. The van der Waals surface area contributed by atoms with Gasteiger partial charge in [0.15, 0.2) is 0 Å². The number of nitrogens with zero attached hydrogens (tertiary/aromatic N) is 2. The summed E-state index contributed by atoms with van der Waals surface area (Å²) in [4.78, 5) is 38.4. The molecular formula is C13H17N3O5. The number of urea groups is 1. The van der Waals surface area contributed by atoms with Gasteiger partial charge in [-0.1, -0.05) is 0 Å². The summed E-state index contributed by atoms with van der Waals surface area (Å²) in [5, 5.41) is 19.6. The molecule has 114 valence electrons. The van der Waals surface area contributed by atoms with E-state index in [0.717, 1.165) is 5.56 Å². The van der Waals surface area contributed by atoms with Crippen LogP contribution in [0.2, 0.25) is 0 Å². The minimum Gasteiger partial charge on any atom is -0.481 e. The molecule has 0 fully saturated rings. The van der Waals surface area contributed by atoms with Gasteiger partial charge in [0.05, 0.1) is 6.42 Å². The number of nitrogens with one attached hydrogen (secondary N) is 1. The molecule has 0 aliphatic rings. The van der Waals surface area contributed by atoms with E-state index in [4.69, 9.17) is 10.2 Å². The zero-order valence-electron chi connectivity index (χ0n) is 11.5. The normalized spacial score (nSPS) is 11.5. The van der Waals surface area contributed by atoms with Gasteiger partial charge in [0.25, 0.3) is 0 Å². The average Bonchev–Trinajstić information content (AvgIpc) is 2.44. The van der Waals surface area contributed by atoms with Crippen molar-refractivity contribution in [3.05, 3.63) is 30.1 Å². The van der Waals surface area contributed by atoms with Gasteiger partial charge in [0.2, 0.25) is 0 Å². The summed E-state index contributed by atoms with van der Waals surface area (Å²) in [6.45, 7) is 0.370. The molecule has 1 aromatic heterocycles. The Bertz CT molecular complexity index is 506. The third-order valence-corrected chi connectivity index (χ3v) is 2.81. The monoisotopic (exact) mass is 295 g/mol. The van der Waals surface area contributed by atoms with Crippen molar-refractivity contribution in [2.45, 2.75) is 18.9 Å². The molecule has 0 saturated carbocycles. The molecule has 0 radical (unpaired) electrons. The van der Waals surface area contributed by atoms with Crippen molar-refractivity contribution >= 4 is 18.0 Å². The van der Waals surface area contributed by atoms with Gasteiger partial charge in [-0.15, -0.1) is 0 Å². The zero-order valence-corrected chi connectivity index (χ0v) is 11.5. The van der Waals surface area contributed by atoms with E-state index in [-0.39, 0.29) is 0 Å². The zero-order chi connectivity index (χ0) is 15.8. The van der Waals surface area contributed by atoms with Crippen LogP contribution < -0.4 is 5.32 Å². The lowest BCUT2D eigenvalue weighted by molar-refractivity contribution is -0.145. The van der Waals surface area contributed by atoms with Crippen LogP contribution in [0.1, 0.15) is 12.0 Å². The summed E-state index contributed by atoms with van der Waals surface area (Å²) >= 11 is 0. The average molecular weight is 295 g/mol. The van der Waals surface area contributed by atoms with E-state index in [2.05, 4.69) is 10.3 Å². The first-order valence-corrected chi connectivity index (χ1v) is 6.25. The predicted molar refractivity (Wildman–Crippen MR) is 72.8 cm³/mol. The summed E-state index contributed by atoms with van der Waals surface area (Å²) in [7, 11) is 1.51. The standard InChI is InChI=1S/C13H17N3O5/c1-16(7-4-9-2-5-14-6-3-9)13(21)15-10(12(19)20)8-11(17)18/h2-3,5-6,10H,4,7-8H2,1H3,(H,15,21)(H,17,18)(H,19,20)/t10-/m0/s1. The fourth-order valence-electron chi connectivity index (χ4n) is 1.58. The molecule has 21 heavy (non-hydrogen) atoms. The van der Waals surface area contributed by atoms with Crippen LogP contribution in [0.25, 0.3) is 0 Å². The van der Waals surface area contributed by atoms with Crippen LogP contribution in [0, 0.1) is 0 Å². The van der Waals surface area contributed by atoms with Gasteiger partial charge in [-0.2, -0.15) is 0 Å². The lowest BCUT2D eigenvalue weighted by Crippen LogP contribution is -2.48. The van der Waals surface area contributed by atoms with Crippen LogP contribution in [-0.2, 0) is 16.0 Å². The number of aromatic nitrogens is 1. The smallest absolute Gasteiger partial charge is 0.326 e. The molecule has 8 heteroatoms. The highest BCUT2D eigenvalue weighted by Crippen LogP contribution is 2.00.